The Bertz CT molecular complexity index is 561. The van der Waals surface area contributed by atoms with Crippen LogP contribution in [0.1, 0.15) is 18.2 Å². The van der Waals surface area contributed by atoms with Gasteiger partial charge in [-0.2, -0.15) is 0 Å². The molecule has 1 amide bonds. The van der Waals surface area contributed by atoms with E-state index in [1.807, 2.05) is 25.1 Å². The van der Waals surface area contributed by atoms with Gasteiger partial charge < -0.3 is 15.1 Å². The largest absolute Gasteiger partial charge is 0.467 e. The normalized spacial score (nSPS) is 11.9. The number of rotatable bonds is 5. The maximum Gasteiger partial charge on any atom is 0.242 e. The first-order valence-corrected chi connectivity index (χ1v) is 6.77. The monoisotopic (exact) mass is 292 g/mol. The summed E-state index contributed by atoms with van der Waals surface area (Å²) in [6.45, 7) is 4.11. The average molecular weight is 293 g/mol. The summed E-state index contributed by atoms with van der Waals surface area (Å²) in [5.74, 6) is 0.611. The molecule has 0 saturated carbocycles. The van der Waals surface area contributed by atoms with Crippen LogP contribution in [0.3, 0.4) is 0 Å². The lowest BCUT2D eigenvalue weighted by atomic mass is 10.2. The van der Waals surface area contributed by atoms with Crippen LogP contribution in [-0.4, -0.2) is 11.9 Å². The van der Waals surface area contributed by atoms with Crippen molar-refractivity contribution in [1.82, 2.24) is 5.32 Å². The summed E-state index contributed by atoms with van der Waals surface area (Å²) in [6, 6.07) is 8.84. The Morgan fingerprint density at radius 3 is 2.80 bits per heavy atom. The Morgan fingerprint density at radius 1 is 1.35 bits per heavy atom. The van der Waals surface area contributed by atoms with Crippen LogP contribution in [-0.2, 0) is 11.3 Å². The van der Waals surface area contributed by atoms with Gasteiger partial charge >= 0.3 is 0 Å². The van der Waals surface area contributed by atoms with E-state index in [4.69, 9.17) is 16.0 Å². The molecule has 1 heterocycles. The van der Waals surface area contributed by atoms with Crippen molar-refractivity contribution in [2.75, 3.05) is 5.32 Å². The Balaban J connectivity index is 1.94. The standard InChI is InChI=1S/C15H17ClN2O2/c1-10-5-3-7-13(16)14(10)18-11(2)15(19)17-9-12-6-4-8-20-12/h3-8,11,18H,9H2,1-2H3,(H,17,19). The topological polar surface area (TPSA) is 54.3 Å². The molecule has 0 bridgehead atoms. The molecule has 2 aromatic rings. The highest BCUT2D eigenvalue weighted by atomic mass is 35.5. The predicted octanol–water partition coefficient (Wildman–Crippen LogP) is 3.36. The van der Waals surface area contributed by atoms with E-state index in [9.17, 15) is 4.79 Å². The van der Waals surface area contributed by atoms with Crippen molar-refractivity contribution in [3.05, 3.63) is 52.9 Å². The first kappa shape index (κ1) is 14.5. The van der Waals surface area contributed by atoms with E-state index >= 15 is 0 Å². The van der Waals surface area contributed by atoms with Crippen LogP contribution < -0.4 is 10.6 Å². The van der Waals surface area contributed by atoms with E-state index in [2.05, 4.69) is 10.6 Å². The van der Waals surface area contributed by atoms with Gasteiger partial charge in [0.1, 0.15) is 11.8 Å². The molecular weight excluding hydrogens is 276 g/mol. The number of para-hydroxylation sites is 1. The van der Waals surface area contributed by atoms with Gasteiger partial charge in [-0.25, -0.2) is 0 Å². The highest BCUT2D eigenvalue weighted by Gasteiger charge is 2.15. The predicted molar refractivity (Wildman–Crippen MR) is 79.8 cm³/mol. The fourth-order valence-electron chi connectivity index (χ4n) is 1.84. The lowest BCUT2D eigenvalue weighted by Crippen LogP contribution is -2.37. The molecule has 0 aliphatic rings. The van der Waals surface area contributed by atoms with Gasteiger partial charge in [0.2, 0.25) is 5.91 Å². The van der Waals surface area contributed by atoms with E-state index < -0.39 is 0 Å². The van der Waals surface area contributed by atoms with Crippen molar-refractivity contribution < 1.29 is 9.21 Å². The summed E-state index contributed by atoms with van der Waals surface area (Å²) < 4.78 is 5.16. The molecule has 5 heteroatoms. The molecule has 2 rings (SSSR count). The van der Waals surface area contributed by atoms with Crippen molar-refractivity contribution in [1.29, 1.82) is 0 Å². The zero-order valence-corrected chi connectivity index (χ0v) is 12.2. The summed E-state index contributed by atoms with van der Waals surface area (Å²) in [7, 11) is 0. The smallest absolute Gasteiger partial charge is 0.242 e. The minimum Gasteiger partial charge on any atom is -0.467 e. The molecule has 0 saturated heterocycles. The van der Waals surface area contributed by atoms with Gasteiger partial charge in [-0.3, -0.25) is 4.79 Å². The van der Waals surface area contributed by atoms with E-state index in [-0.39, 0.29) is 11.9 Å². The van der Waals surface area contributed by atoms with Gasteiger partial charge in [0.15, 0.2) is 0 Å². The highest BCUT2D eigenvalue weighted by Crippen LogP contribution is 2.25. The molecule has 1 atom stereocenters. The number of hydrogen-bond donors (Lipinski definition) is 2. The number of hydrogen-bond acceptors (Lipinski definition) is 3. The third-order valence-electron chi connectivity index (χ3n) is 2.99. The number of furan rings is 1. The fourth-order valence-corrected chi connectivity index (χ4v) is 2.11. The summed E-state index contributed by atoms with van der Waals surface area (Å²) in [4.78, 5) is 12.0. The second kappa shape index (κ2) is 6.48. The quantitative estimate of drug-likeness (QED) is 0.888. The number of amides is 1. The Hall–Kier alpha value is -1.94. The molecule has 2 N–H and O–H groups in total. The third-order valence-corrected chi connectivity index (χ3v) is 3.31. The van der Waals surface area contributed by atoms with Crippen LogP contribution in [0.4, 0.5) is 5.69 Å². The SMILES string of the molecule is Cc1cccc(Cl)c1NC(C)C(=O)NCc1ccco1. The molecule has 106 valence electrons. The van der Waals surface area contributed by atoms with Crippen molar-refractivity contribution in [2.24, 2.45) is 0 Å². The van der Waals surface area contributed by atoms with Gasteiger partial charge in [-0.15, -0.1) is 0 Å². The number of carbonyl (C=O) groups excluding carboxylic acids is 1. The Kier molecular flexibility index (Phi) is 4.69. The molecule has 0 radical (unpaired) electrons. The van der Waals surface area contributed by atoms with Crippen LogP contribution in [0.2, 0.25) is 5.02 Å². The van der Waals surface area contributed by atoms with Gasteiger partial charge in [-0.05, 0) is 37.6 Å². The van der Waals surface area contributed by atoms with E-state index in [0.29, 0.717) is 11.6 Å². The van der Waals surface area contributed by atoms with Crippen LogP contribution in [0.15, 0.2) is 41.0 Å². The number of aryl methyl sites for hydroxylation is 1. The molecule has 1 aromatic heterocycles. The number of nitrogens with one attached hydrogen (secondary N) is 2. The van der Waals surface area contributed by atoms with Gasteiger partial charge in [-0.1, -0.05) is 23.7 Å². The first-order chi connectivity index (χ1) is 9.58. The molecule has 0 aliphatic heterocycles. The van der Waals surface area contributed by atoms with Crippen molar-refractivity contribution >= 4 is 23.2 Å². The number of carbonyl (C=O) groups is 1. The minimum atomic E-state index is -0.386. The van der Waals surface area contributed by atoms with E-state index in [0.717, 1.165) is 17.0 Å². The molecule has 1 aromatic carbocycles. The van der Waals surface area contributed by atoms with Crippen LogP contribution in [0.5, 0.6) is 0 Å². The molecule has 0 spiro atoms. The van der Waals surface area contributed by atoms with Crippen LogP contribution in [0.25, 0.3) is 0 Å². The number of anilines is 1. The van der Waals surface area contributed by atoms with E-state index in [1.165, 1.54) is 0 Å². The van der Waals surface area contributed by atoms with Gasteiger partial charge in [0, 0.05) is 0 Å². The summed E-state index contributed by atoms with van der Waals surface area (Å²) in [5.41, 5.74) is 1.79. The minimum absolute atomic E-state index is 0.110. The maximum absolute atomic E-state index is 12.0. The maximum atomic E-state index is 12.0. The molecule has 1 unspecified atom stereocenters. The zero-order valence-electron chi connectivity index (χ0n) is 11.4. The van der Waals surface area contributed by atoms with Gasteiger partial charge in [0.25, 0.3) is 0 Å². The third kappa shape index (κ3) is 3.54. The van der Waals surface area contributed by atoms with E-state index in [1.54, 1.807) is 25.3 Å². The second-order valence-electron chi connectivity index (χ2n) is 4.59. The number of benzene rings is 1. The Labute approximate surface area is 123 Å². The van der Waals surface area contributed by atoms with Crippen LogP contribution in [0, 0.1) is 6.92 Å². The second-order valence-corrected chi connectivity index (χ2v) is 5.00. The van der Waals surface area contributed by atoms with Gasteiger partial charge in [0.05, 0.1) is 23.5 Å². The number of halogens is 1. The van der Waals surface area contributed by atoms with Crippen molar-refractivity contribution in [3.63, 3.8) is 0 Å². The zero-order chi connectivity index (χ0) is 14.5. The molecule has 20 heavy (non-hydrogen) atoms. The van der Waals surface area contributed by atoms with Crippen molar-refractivity contribution in [3.8, 4) is 0 Å². The Morgan fingerprint density at radius 2 is 2.15 bits per heavy atom. The lowest BCUT2D eigenvalue weighted by Gasteiger charge is -2.17. The molecule has 4 nitrogen and oxygen atoms in total. The summed E-state index contributed by atoms with van der Waals surface area (Å²) >= 11 is 6.13. The average Bonchev–Trinajstić information content (AvgIpc) is 2.93. The van der Waals surface area contributed by atoms with Crippen LogP contribution >= 0.6 is 11.6 Å². The molecular formula is C15H17ClN2O2. The summed E-state index contributed by atoms with van der Waals surface area (Å²) in [5, 5.41) is 6.55. The van der Waals surface area contributed by atoms with Crippen molar-refractivity contribution in [2.45, 2.75) is 26.4 Å². The molecule has 0 aliphatic carbocycles. The highest BCUT2D eigenvalue weighted by molar-refractivity contribution is 6.33. The summed E-state index contributed by atoms with van der Waals surface area (Å²) in [6.07, 6.45) is 1.58. The fraction of sp³-hybridized carbons (Fsp3) is 0.267. The lowest BCUT2D eigenvalue weighted by molar-refractivity contribution is -0.121. The first-order valence-electron chi connectivity index (χ1n) is 6.39. The molecule has 0 fully saturated rings.